The van der Waals surface area contributed by atoms with Gasteiger partial charge in [-0.05, 0) is 61.0 Å². The summed E-state index contributed by atoms with van der Waals surface area (Å²) in [6.45, 7) is 4.48. The van der Waals surface area contributed by atoms with Crippen LogP contribution < -0.4 is 0 Å². The smallest absolute Gasteiger partial charge is 0.159 e. The molecular weight excluding hydrogens is 260 g/mol. The zero-order chi connectivity index (χ0) is 14.8. The van der Waals surface area contributed by atoms with Gasteiger partial charge in [0.05, 0.1) is 0 Å². The highest BCUT2D eigenvalue weighted by Gasteiger charge is 2.60. The average Bonchev–Trinajstić information content (AvgIpc) is 2.76. The molecule has 112 valence electrons. The summed E-state index contributed by atoms with van der Waals surface area (Å²) in [5.74, 6) is 1.53. The van der Waals surface area contributed by atoms with E-state index in [1.54, 1.807) is 0 Å². The standard InChI is InChI=1S/C19H24O2/c1-18-9-4-3-5-12(18)11-15(20)17-13-6-7-16(21)19(13,2)10-8-14(17)18/h3,5,11,13-14,17H,4,6-10H2,1-2H3/t13-,14-,17-,18-,19-/m0/s1. The van der Waals surface area contributed by atoms with Crippen LogP contribution >= 0.6 is 0 Å². The van der Waals surface area contributed by atoms with Crippen LogP contribution in [-0.4, -0.2) is 11.6 Å². The van der Waals surface area contributed by atoms with Gasteiger partial charge in [0.25, 0.3) is 0 Å². The Bertz CT molecular complexity index is 584. The molecule has 0 bridgehead atoms. The number of hydrogen-bond acceptors (Lipinski definition) is 2. The van der Waals surface area contributed by atoms with Crippen molar-refractivity contribution in [1.29, 1.82) is 0 Å². The highest BCUT2D eigenvalue weighted by Crippen LogP contribution is 2.62. The van der Waals surface area contributed by atoms with Gasteiger partial charge in [-0.3, -0.25) is 9.59 Å². The number of carbonyl (C=O) groups is 2. The lowest BCUT2D eigenvalue weighted by molar-refractivity contribution is -0.138. The molecule has 4 aliphatic rings. The van der Waals surface area contributed by atoms with Crippen LogP contribution in [-0.2, 0) is 9.59 Å². The fourth-order valence-electron chi connectivity index (χ4n) is 5.82. The van der Waals surface area contributed by atoms with Gasteiger partial charge in [-0.2, -0.15) is 0 Å². The first-order valence-corrected chi connectivity index (χ1v) is 8.43. The second-order valence-electron chi connectivity index (χ2n) is 8.02. The van der Waals surface area contributed by atoms with E-state index in [1.165, 1.54) is 5.57 Å². The minimum atomic E-state index is -0.219. The van der Waals surface area contributed by atoms with Crippen molar-refractivity contribution in [3.8, 4) is 0 Å². The van der Waals surface area contributed by atoms with Crippen molar-refractivity contribution >= 4 is 11.6 Å². The average molecular weight is 284 g/mol. The van der Waals surface area contributed by atoms with E-state index in [0.29, 0.717) is 23.9 Å². The summed E-state index contributed by atoms with van der Waals surface area (Å²) >= 11 is 0. The van der Waals surface area contributed by atoms with Gasteiger partial charge in [-0.1, -0.05) is 26.0 Å². The van der Waals surface area contributed by atoms with Gasteiger partial charge >= 0.3 is 0 Å². The summed E-state index contributed by atoms with van der Waals surface area (Å²) in [4.78, 5) is 25.1. The largest absolute Gasteiger partial charge is 0.299 e. The fraction of sp³-hybridized carbons (Fsp3) is 0.684. The quantitative estimate of drug-likeness (QED) is 0.677. The number of rotatable bonds is 0. The topological polar surface area (TPSA) is 34.1 Å². The van der Waals surface area contributed by atoms with Crippen LogP contribution in [0, 0.1) is 28.6 Å². The number of carbonyl (C=O) groups excluding carboxylic acids is 2. The van der Waals surface area contributed by atoms with Crippen LogP contribution in [0.3, 0.4) is 0 Å². The Labute approximate surface area is 126 Å². The van der Waals surface area contributed by atoms with E-state index in [2.05, 4.69) is 26.0 Å². The van der Waals surface area contributed by atoms with E-state index in [1.807, 2.05) is 6.08 Å². The Balaban J connectivity index is 1.81. The van der Waals surface area contributed by atoms with Gasteiger partial charge in [0.15, 0.2) is 5.78 Å². The Kier molecular flexibility index (Phi) is 2.68. The molecule has 0 spiro atoms. The number of Topliss-reactive ketones (excluding diaryl/α,β-unsaturated/α-hetero) is 1. The van der Waals surface area contributed by atoms with Crippen LogP contribution in [0.25, 0.3) is 0 Å². The monoisotopic (exact) mass is 284 g/mol. The number of fused-ring (bicyclic) bond motifs is 5. The zero-order valence-corrected chi connectivity index (χ0v) is 13.0. The van der Waals surface area contributed by atoms with Crippen molar-refractivity contribution in [2.75, 3.05) is 0 Å². The minimum Gasteiger partial charge on any atom is -0.299 e. The van der Waals surface area contributed by atoms with Crippen LogP contribution in [0.5, 0.6) is 0 Å². The maximum atomic E-state index is 12.8. The molecule has 0 aromatic carbocycles. The molecular formula is C19H24O2. The number of hydrogen-bond donors (Lipinski definition) is 0. The molecule has 2 heteroatoms. The maximum absolute atomic E-state index is 12.8. The predicted octanol–water partition coefficient (Wildman–Crippen LogP) is 3.86. The van der Waals surface area contributed by atoms with Crippen molar-refractivity contribution in [2.45, 2.75) is 52.4 Å². The fourth-order valence-corrected chi connectivity index (χ4v) is 5.82. The summed E-state index contributed by atoms with van der Waals surface area (Å²) in [5, 5.41) is 0. The van der Waals surface area contributed by atoms with Gasteiger partial charge in [0.1, 0.15) is 5.78 Å². The number of allylic oxidation sites excluding steroid dienone is 4. The van der Waals surface area contributed by atoms with Gasteiger partial charge in [0.2, 0.25) is 0 Å². The maximum Gasteiger partial charge on any atom is 0.159 e. The van der Waals surface area contributed by atoms with Crippen molar-refractivity contribution in [3.63, 3.8) is 0 Å². The molecule has 0 heterocycles. The lowest BCUT2D eigenvalue weighted by Crippen LogP contribution is -2.52. The highest BCUT2D eigenvalue weighted by atomic mass is 16.1. The van der Waals surface area contributed by atoms with Crippen LogP contribution in [0.4, 0.5) is 0 Å². The first kappa shape index (κ1) is 13.5. The molecule has 21 heavy (non-hydrogen) atoms. The van der Waals surface area contributed by atoms with E-state index < -0.39 is 0 Å². The molecule has 0 aromatic rings. The Morgan fingerprint density at radius 2 is 1.81 bits per heavy atom. The molecule has 0 N–H and O–H groups in total. The Hall–Kier alpha value is -1.18. The summed E-state index contributed by atoms with van der Waals surface area (Å²) in [7, 11) is 0. The molecule has 0 aliphatic heterocycles. The normalized spacial score (nSPS) is 48.5. The molecule has 2 saturated carbocycles. The van der Waals surface area contributed by atoms with E-state index in [-0.39, 0.29) is 22.7 Å². The third-order valence-electron chi connectivity index (χ3n) is 7.21. The van der Waals surface area contributed by atoms with Crippen molar-refractivity contribution in [1.82, 2.24) is 0 Å². The number of ketones is 2. The summed E-state index contributed by atoms with van der Waals surface area (Å²) < 4.78 is 0. The molecule has 2 nitrogen and oxygen atoms in total. The SMILES string of the molecule is C[C@]12CCC=CC1=CC(=O)[C@@H]1[C@@H]2CC[C@]2(C)C(=O)CC[C@@H]12. The van der Waals surface area contributed by atoms with Crippen LogP contribution in [0.2, 0.25) is 0 Å². The van der Waals surface area contributed by atoms with E-state index in [9.17, 15) is 9.59 Å². The second-order valence-corrected chi connectivity index (χ2v) is 8.02. The molecule has 2 fully saturated rings. The van der Waals surface area contributed by atoms with Gasteiger partial charge in [-0.25, -0.2) is 0 Å². The summed E-state index contributed by atoms with van der Waals surface area (Å²) in [5.41, 5.74) is 1.18. The molecule has 0 saturated heterocycles. The molecule has 4 aliphatic carbocycles. The van der Waals surface area contributed by atoms with Crippen LogP contribution in [0.1, 0.15) is 52.4 Å². The first-order valence-electron chi connectivity index (χ1n) is 8.43. The molecule has 0 unspecified atom stereocenters. The lowest BCUT2D eigenvalue weighted by Gasteiger charge is -2.54. The third-order valence-corrected chi connectivity index (χ3v) is 7.21. The van der Waals surface area contributed by atoms with Gasteiger partial charge in [-0.15, -0.1) is 0 Å². The van der Waals surface area contributed by atoms with Crippen LogP contribution in [0.15, 0.2) is 23.8 Å². The lowest BCUT2D eigenvalue weighted by atomic mass is 9.48. The third kappa shape index (κ3) is 1.59. The Morgan fingerprint density at radius 3 is 2.62 bits per heavy atom. The molecule has 4 rings (SSSR count). The van der Waals surface area contributed by atoms with Crippen molar-refractivity contribution in [2.24, 2.45) is 28.6 Å². The van der Waals surface area contributed by atoms with Gasteiger partial charge in [0, 0.05) is 17.8 Å². The van der Waals surface area contributed by atoms with E-state index in [4.69, 9.17) is 0 Å². The zero-order valence-electron chi connectivity index (χ0n) is 13.0. The van der Waals surface area contributed by atoms with E-state index in [0.717, 1.165) is 32.1 Å². The summed E-state index contributed by atoms with van der Waals surface area (Å²) in [6.07, 6.45) is 12.2. The highest BCUT2D eigenvalue weighted by molar-refractivity contribution is 5.97. The van der Waals surface area contributed by atoms with Crippen molar-refractivity contribution in [3.05, 3.63) is 23.8 Å². The second kappa shape index (κ2) is 4.18. The molecule has 0 radical (unpaired) electrons. The van der Waals surface area contributed by atoms with E-state index >= 15 is 0 Å². The predicted molar refractivity (Wildman–Crippen MR) is 81.6 cm³/mol. The van der Waals surface area contributed by atoms with Gasteiger partial charge < -0.3 is 0 Å². The Morgan fingerprint density at radius 1 is 1.05 bits per heavy atom. The van der Waals surface area contributed by atoms with Crippen molar-refractivity contribution < 1.29 is 9.59 Å². The first-order chi connectivity index (χ1) is 9.97. The summed E-state index contributed by atoms with van der Waals surface area (Å²) in [6, 6.07) is 0. The molecule has 5 atom stereocenters. The molecule has 0 aromatic heterocycles. The minimum absolute atomic E-state index is 0.0930. The molecule has 0 amide bonds.